The van der Waals surface area contributed by atoms with Crippen LogP contribution in [0.25, 0.3) is 66.9 Å². The number of fused-ring (bicyclic) bond motifs is 1. The van der Waals surface area contributed by atoms with Gasteiger partial charge in [0.05, 0.1) is 22.4 Å². The second-order valence-corrected chi connectivity index (χ2v) is 9.72. The van der Waals surface area contributed by atoms with E-state index in [4.69, 9.17) is 9.97 Å². The van der Waals surface area contributed by atoms with E-state index in [0.29, 0.717) is 0 Å². The fraction of sp³-hybridized carbons (Fsp3) is 0. The highest BCUT2D eigenvalue weighted by Gasteiger charge is 2.17. The quantitative estimate of drug-likeness (QED) is 0.231. The Morgan fingerprint density at radius 3 is 1.25 bits per heavy atom. The van der Waals surface area contributed by atoms with Crippen molar-refractivity contribution in [1.29, 1.82) is 0 Å². The summed E-state index contributed by atoms with van der Waals surface area (Å²) in [6, 6.07) is 48.2. The summed E-state index contributed by atoms with van der Waals surface area (Å²) in [5.74, 6) is 0. The maximum atomic E-state index is 5.27. The standard InChI is InChI=1S/C37H25N3/c1-4-11-27(12-5-1)32-23-34-35(24-33(32)28-13-6-2-7-14-28)40-37(36(39-34)29-15-8-3-9-16-29)30-20-18-26(19-21-30)31-17-10-22-38-25-31/h1-25H. The van der Waals surface area contributed by atoms with E-state index in [2.05, 4.69) is 108 Å². The van der Waals surface area contributed by atoms with Gasteiger partial charge in [-0.25, -0.2) is 9.97 Å². The Morgan fingerprint density at radius 1 is 0.350 bits per heavy atom. The van der Waals surface area contributed by atoms with Crippen molar-refractivity contribution in [3.63, 3.8) is 0 Å². The van der Waals surface area contributed by atoms with Crippen LogP contribution in [0, 0.1) is 0 Å². The third kappa shape index (κ3) is 4.55. The average molecular weight is 512 g/mol. The zero-order chi connectivity index (χ0) is 26.7. The molecule has 0 spiro atoms. The predicted octanol–water partition coefficient (Wildman–Crippen LogP) is 9.36. The molecule has 0 atom stereocenters. The van der Waals surface area contributed by atoms with E-state index < -0.39 is 0 Å². The van der Waals surface area contributed by atoms with Gasteiger partial charge in [0.15, 0.2) is 0 Å². The number of hydrogen-bond donors (Lipinski definition) is 0. The smallest absolute Gasteiger partial charge is 0.0973 e. The molecule has 2 heterocycles. The molecule has 0 radical (unpaired) electrons. The van der Waals surface area contributed by atoms with Gasteiger partial charge in [0.1, 0.15) is 0 Å². The van der Waals surface area contributed by atoms with Gasteiger partial charge < -0.3 is 0 Å². The summed E-state index contributed by atoms with van der Waals surface area (Å²) in [6.07, 6.45) is 3.68. The van der Waals surface area contributed by atoms with Crippen LogP contribution in [0.15, 0.2) is 152 Å². The molecule has 0 N–H and O–H groups in total. The van der Waals surface area contributed by atoms with Gasteiger partial charge in [-0.1, -0.05) is 121 Å². The second-order valence-electron chi connectivity index (χ2n) is 9.72. The van der Waals surface area contributed by atoms with Gasteiger partial charge in [-0.2, -0.15) is 0 Å². The second kappa shape index (κ2) is 10.4. The van der Waals surface area contributed by atoms with E-state index in [1.54, 1.807) is 6.20 Å². The Labute approximate surface area is 233 Å². The Bertz CT molecular complexity index is 1900. The van der Waals surface area contributed by atoms with Gasteiger partial charge in [0.25, 0.3) is 0 Å². The third-order valence-electron chi connectivity index (χ3n) is 7.17. The molecule has 0 amide bonds. The first-order valence-electron chi connectivity index (χ1n) is 13.4. The number of aromatic nitrogens is 3. The van der Waals surface area contributed by atoms with Crippen molar-refractivity contribution in [2.45, 2.75) is 0 Å². The lowest BCUT2D eigenvalue weighted by Gasteiger charge is -2.15. The van der Waals surface area contributed by atoms with Crippen molar-refractivity contribution in [2.24, 2.45) is 0 Å². The lowest BCUT2D eigenvalue weighted by Crippen LogP contribution is -1.97. The molecule has 0 unspecified atom stereocenters. The zero-order valence-corrected chi connectivity index (χ0v) is 21.8. The number of rotatable bonds is 5. The molecule has 0 saturated heterocycles. The summed E-state index contributed by atoms with van der Waals surface area (Å²) in [7, 11) is 0. The first kappa shape index (κ1) is 23.7. The van der Waals surface area contributed by atoms with E-state index >= 15 is 0 Å². The maximum absolute atomic E-state index is 5.27. The lowest BCUT2D eigenvalue weighted by molar-refractivity contribution is 1.29. The zero-order valence-electron chi connectivity index (χ0n) is 21.8. The summed E-state index contributed by atoms with van der Waals surface area (Å²) in [5, 5.41) is 0. The van der Waals surface area contributed by atoms with Crippen molar-refractivity contribution in [1.82, 2.24) is 15.0 Å². The molecule has 5 aromatic carbocycles. The van der Waals surface area contributed by atoms with Crippen LogP contribution in [-0.4, -0.2) is 15.0 Å². The molecule has 3 nitrogen and oxygen atoms in total. The number of pyridine rings is 1. The minimum absolute atomic E-state index is 0.864. The predicted molar refractivity (Wildman–Crippen MR) is 165 cm³/mol. The summed E-state index contributed by atoms with van der Waals surface area (Å²) < 4.78 is 0. The molecule has 3 heteroatoms. The monoisotopic (exact) mass is 511 g/mol. The van der Waals surface area contributed by atoms with Crippen LogP contribution in [0.4, 0.5) is 0 Å². The third-order valence-corrected chi connectivity index (χ3v) is 7.17. The molecule has 0 aliphatic rings. The van der Waals surface area contributed by atoms with E-state index in [1.807, 2.05) is 42.6 Å². The van der Waals surface area contributed by atoms with E-state index in [1.165, 1.54) is 0 Å². The molecule has 0 aliphatic heterocycles. The van der Waals surface area contributed by atoms with Gasteiger partial charge in [-0.05, 0) is 51.6 Å². The van der Waals surface area contributed by atoms with Crippen molar-refractivity contribution in [3.05, 3.63) is 152 Å². The van der Waals surface area contributed by atoms with E-state index in [9.17, 15) is 0 Å². The summed E-state index contributed by atoms with van der Waals surface area (Å²) in [5.41, 5.74) is 12.3. The first-order valence-corrected chi connectivity index (χ1v) is 13.4. The SMILES string of the molecule is c1ccc(-c2cc3nc(-c4ccccc4)c(-c4ccc(-c5cccnc5)cc4)nc3cc2-c2ccccc2)cc1. The molecule has 2 aromatic heterocycles. The highest BCUT2D eigenvalue weighted by atomic mass is 14.8. The lowest BCUT2D eigenvalue weighted by atomic mass is 9.93. The highest BCUT2D eigenvalue weighted by molar-refractivity contribution is 5.95. The minimum Gasteiger partial charge on any atom is -0.264 e. The van der Waals surface area contributed by atoms with Crippen LogP contribution < -0.4 is 0 Å². The van der Waals surface area contributed by atoms with Crippen LogP contribution in [0.1, 0.15) is 0 Å². The van der Waals surface area contributed by atoms with Crippen molar-refractivity contribution in [2.75, 3.05) is 0 Å². The van der Waals surface area contributed by atoms with Crippen LogP contribution in [0.2, 0.25) is 0 Å². The van der Waals surface area contributed by atoms with Crippen molar-refractivity contribution >= 4 is 11.0 Å². The molecule has 7 rings (SSSR count). The van der Waals surface area contributed by atoms with Gasteiger partial charge in [-0.3, -0.25) is 4.98 Å². The molecule has 0 saturated carbocycles. The van der Waals surface area contributed by atoms with Crippen LogP contribution in [0.3, 0.4) is 0 Å². The first-order chi connectivity index (χ1) is 19.8. The Hall–Kier alpha value is -5.41. The van der Waals surface area contributed by atoms with Crippen molar-refractivity contribution in [3.8, 4) is 55.9 Å². The van der Waals surface area contributed by atoms with Gasteiger partial charge in [-0.15, -0.1) is 0 Å². The summed E-state index contributed by atoms with van der Waals surface area (Å²) in [6.45, 7) is 0. The molecule has 188 valence electrons. The normalized spacial score (nSPS) is 11.0. The summed E-state index contributed by atoms with van der Waals surface area (Å²) >= 11 is 0. The van der Waals surface area contributed by atoms with Gasteiger partial charge in [0, 0.05) is 23.5 Å². The molecular weight excluding hydrogens is 486 g/mol. The van der Waals surface area contributed by atoms with E-state index in [0.717, 1.165) is 66.9 Å². The Kier molecular flexibility index (Phi) is 6.15. The highest BCUT2D eigenvalue weighted by Crippen LogP contribution is 2.38. The topological polar surface area (TPSA) is 38.7 Å². The van der Waals surface area contributed by atoms with Crippen LogP contribution in [-0.2, 0) is 0 Å². The molecule has 0 bridgehead atoms. The Balaban J connectivity index is 1.45. The van der Waals surface area contributed by atoms with Crippen LogP contribution in [0.5, 0.6) is 0 Å². The maximum Gasteiger partial charge on any atom is 0.0973 e. The molecular formula is C37H25N3. The average Bonchev–Trinajstić information content (AvgIpc) is 3.05. The number of nitrogens with zero attached hydrogens (tertiary/aromatic N) is 3. The minimum atomic E-state index is 0.864. The summed E-state index contributed by atoms with van der Waals surface area (Å²) in [4.78, 5) is 14.8. The molecule has 7 aromatic rings. The molecule has 40 heavy (non-hydrogen) atoms. The molecule has 0 aliphatic carbocycles. The van der Waals surface area contributed by atoms with Crippen molar-refractivity contribution < 1.29 is 0 Å². The largest absolute Gasteiger partial charge is 0.264 e. The number of hydrogen-bond acceptors (Lipinski definition) is 3. The number of benzene rings is 5. The van der Waals surface area contributed by atoms with E-state index in [-0.39, 0.29) is 0 Å². The fourth-order valence-corrected chi connectivity index (χ4v) is 5.17. The van der Waals surface area contributed by atoms with Crippen LogP contribution >= 0.6 is 0 Å². The fourth-order valence-electron chi connectivity index (χ4n) is 5.17. The van der Waals surface area contributed by atoms with Gasteiger partial charge >= 0.3 is 0 Å². The molecule has 0 fully saturated rings. The Morgan fingerprint density at radius 2 is 0.775 bits per heavy atom. The van der Waals surface area contributed by atoms with Gasteiger partial charge in [0.2, 0.25) is 0 Å².